The smallest absolute Gasteiger partial charge is 0.335 e. The van der Waals surface area contributed by atoms with Crippen molar-refractivity contribution in [1.82, 2.24) is 0 Å². The molecule has 0 aromatic heterocycles. The molecule has 2 aliphatic heterocycles. The third-order valence-electron chi connectivity index (χ3n) is 6.06. The summed E-state index contributed by atoms with van der Waals surface area (Å²) in [5.41, 5.74) is 2.37. The zero-order chi connectivity index (χ0) is 24.7. The molecule has 1 atom stereocenters. The number of hydrogen-bond acceptors (Lipinski definition) is 7. The Kier molecular flexibility index (Phi) is 5.49. The van der Waals surface area contributed by atoms with Crippen molar-refractivity contribution < 1.29 is 38.4 Å². The SMILES string of the molecule is COc1cccc(/C=C2\Oc3c(ccc4c3[C@H](c3ccc(C(=O)O)cc3)CC(=O)O4)C2=O)c1OC. The largest absolute Gasteiger partial charge is 0.493 e. The van der Waals surface area contributed by atoms with Crippen LogP contribution in [0.25, 0.3) is 6.08 Å². The number of hydrogen-bond donors (Lipinski definition) is 1. The lowest BCUT2D eigenvalue weighted by molar-refractivity contribution is -0.135. The standard InChI is InChI=1S/C27H20O8/c1-32-20-5-3-4-16(25(20)33-2)12-21-24(29)17-10-11-19-23(26(17)35-21)18(13-22(28)34-19)14-6-8-15(9-7-14)27(30)31/h3-12,18H,13H2,1-2H3,(H,30,31)/b21-12-/t18-/m0/s1. The molecule has 0 bridgehead atoms. The van der Waals surface area contributed by atoms with Crippen LogP contribution in [-0.2, 0) is 4.79 Å². The number of aromatic carboxylic acids is 1. The summed E-state index contributed by atoms with van der Waals surface area (Å²) in [5, 5.41) is 9.21. The highest BCUT2D eigenvalue weighted by molar-refractivity contribution is 6.15. The van der Waals surface area contributed by atoms with E-state index in [-0.39, 0.29) is 23.5 Å². The zero-order valence-electron chi connectivity index (χ0n) is 18.9. The fourth-order valence-corrected chi connectivity index (χ4v) is 4.42. The van der Waals surface area contributed by atoms with Gasteiger partial charge in [0.1, 0.15) is 11.5 Å². The molecule has 0 aliphatic carbocycles. The van der Waals surface area contributed by atoms with Gasteiger partial charge in [0.05, 0.1) is 31.8 Å². The number of ether oxygens (including phenoxy) is 4. The third kappa shape index (κ3) is 3.78. The highest BCUT2D eigenvalue weighted by Crippen LogP contribution is 2.49. The fraction of sp³-hybridized carbons (Fsp3) is 0.148. The minimum absolute atomic E-state index is 0.0240. The molecule has 2 aliphatic rings. The Balaban J connectivity index is 1.59. The Morgan fingerprint density at radius 3 is 2.46 bits per heavy atom. The van der Waals surface area contributed by atoms with E-state index >= 15 is 0 Å². The highest BCUT2D eigenvalue weighted by Gasteiger charge is 2.38. The van der Waals surface area contributed by atoms with Crippen molar-refractivity contribution in [2.45, 2.75) is 12.3 Å². The number of ketones is 1. The van der Waals surface area contributed by atoms with E-state index in [1.807, 2.05) is 0 Å². The number of carboxylic acid groups (broad SMARTS) is 1. The van der Waals surface area contributed by atoms with Crippen molar-refractivity contribution in [3.63, 3.8) is 0 Å². The quantitative estimate of drug-likeness (QED) is 0.329. The molecule has 2 heterocycles. The maximum Gasteiger partial charge on any atom is 0.335 e. The average Bonchev–Trinajstić information content (AvgIpc) is 3.18. The number of carbonyl (C=O) groups is 3. The zero-order valence-corrected chi connectivity index (χ0v) is 18.9. The lowest BCUT2D eigenvalue weighted by Crippen LogP contribution is -2.21. The topological polar surface area (TPSA) is 108 Å². The number of methoxy groups -OCH3 is 2. The Bertz CT molecular complexity index is 1400. The van der Waals surface area contributed by atoms with E-state index in [1.54, 1.807) is 48.5 Å². The first-order valence-corrected chi connectivity index (χ1v) is 10.8. The van der Waals surface area contributed by atoms with E-state index in [4.69, 9.17) is 18.9 Å². The van der Waals surface area contributed by atoms with Gasteiger partial charge >= 0.3 is 11.9 Å². The molecule has 8 heteroatoms. The van der Waals surface area contributed by atoms with Crippen LogP contribution in [-0.4, -0.2) is 37.0 Å². The van der Waals surface area contributed by atoms with Crippen LogP contribution in [0.15, 0.2) is 60.4 Å². The van der Waals surface area contributed by atoms with Crippen LogP contribution < -0.4 is 18.9 Å². The van der Waals surface area contributed by atoms with Gasteiger partial charge in [0.2, 0.25) is 5.78 Å². The van der Waals surface area contributed by atoms with E-state index < -0.39 is 17.9 Å². The van der Waals surface area contributed by atoms with Crippen molar-refractivity contribution in [3.8, 4) is 23.0 Å². The normalized spacial score (nSPS) is 17.3. The molecule has 0 spiro atoms. The van der Waals surface area contributed by atoms with Gasteiger partial charge in [-0.3, -0.25) is 9.59 Å². The van der Waals surface area contributed by atoms with Crippen molar-refractivity contribution >= 4 is 23.8 Å². The van der Waals surface area contributed by atoms with Crippen LogP contribution in [0.5, 0.6) is 23.0 Å². The van der Waals surface area contributed by atoms with Gasteiger partial charge in [-0.05, 0) is 42.0 Å². The van der Waals surface area contributed by atoms with Gasteiger partial charge in [0, 0.05) is 17.0 Å². The molecule has 5 rings (SSSR count). The second-order valence-electron chi connectivity index (χ2n) is 8.03. The lowest BCUT2D eigenvalue weighted by Gasteiger charge is -2.26. The van der Waals surface area contributed by atoms with Crippen molar-refractivity contribution in [2.24, 2.45) is 0 Å². The number of benzene rings is 3. The number of carboxylic acids is 1. The molecule has 0 amide bonds. The number of allylic oxidation sites excluding steroid dienone is 1. The molecular formula is C27H20O8. The Labute approximate surface area is 200 Å². The molecule has 0 saturated heterocycles. The fourth-order valence-electron chi connectivity index (χ4n) is 4.42. The molecule has 176 valence electrons. The van der Waals surface area contributed by atoms with E-state index in [0.29, 0.717) is 45.3 Å². The van der Waals surface area contributed by atoms with E-state index in [2.05, 4.69) is 0 Å². The predicted octanol–water partition coefficient (Wildman–Crippen LogP) is 4.46. The van der Waals surface area contributed by atoms with Gasteiger partial charge in [-0.15, -0.1) is 0 Å². The molecule has 35 heavy (non-hydrogen) atoms. The molecule has 0 radical (unpaired) electrons. The van der Waals surface area contributed by atoms with Crippen molar-refractivity contribution in [2.75, 3.05) is 14.2 Å². The summed E-state index contributed by atoms with van der Waals surface area (Å²) in [5.74, 6) is -0.561. The first-order valence-electron chi connectivity index (χ1n) is 10.8. The van der Waals surface area contributed by atoms with E-state index in [1.165, 1.54) is 26.4 Å². The average molecular weight is 472 g/mol. The summed E-state index contributed by atoms with van der Waals surface area (Å²) in [6, 6.07) is 14.7. The lowest BCUT2D eigenvalue weighted by atomic mass is 9.84. The van der Waals surface area contributed by atoms with Gasteiger partial charge in [-0.25, -0.2) is 4.79 Å². The van der Waals surface area contributed by atoms with Crippen LogP contribution >= 0.6 is 0 Å². The predicted molar refractivity (Wildman–Crippen MR) is 124 cm³/mol. The maximum atomic E-state index is 13.2. The third-order valence-corrected chi connectivity index (χ3v) is 6.06. The van der Waals surface area contributed by atoms with Gasteiger partial charge in [-0.1, -0.05) is 24.3 Å². The first-order chi connectivity index (χ1) is 16.9. The van der Waals surface area contributed by atoms with Crippen LogP contribution in [0.2, 0.25) is 0 Å². The van der Waals surface area contributed by atoms with Crippen LogP contribution in [0.3, 0.4) is 0 Å². The van der Waals surface area contributed by atoms with E-state index in [9.17, 15) is 19.5 Å². The number of esters is 1. The Morgan fingerprint density at radius 1 is 1.00 bits per heavy atom. The summed E-state index contributed by atoms with van der Waals surface area (Å²) in [4.78, 5) is 36.8. The molecule has 0 fully saturated rings. The molecular weight excluding hydrogens is 452 g/mol. The summed E-state index contributed by atoms with van der Waals surface area (Å²) in [7, 11) is 3.04. The van der Waals surface area contributed by atoms with Gasteiger partial charge < -0.3 is 24.1 Å². The molecule has 0 saturated carbocycles. The summed E-state index contributed by atoms with van der Waals surface area (Å²) in [6.45, 7) is 0. The monoisotopic (exact) mass is 472 g/mol. The Hall–Kier alpha value is -4.59. The number of fused-ring (bicyclic) bond motifs is 3. The Morgan fingerprint density at radius 2 is 1.77 bits per heavy atom. The van der Waals surface area contributed by atoms with Gasteiger partial charge in [0.15, 0.2) is 17.3 Å². The summed E-state index contributed by atoms with van der Waals surface area (Å²) in [6.07, 6.45) is 1.61. The minimum Gasteiger partial charge on any atom is -0.493 e. The molecule has 3 aromatic rings. The first kappa shape index (κ1) is 22.2. The molecule has 8 nitrogen and oxygen atoms in total. The summed E-state index contributed by atoms with van der Waals surface area (Å²) >= 11 is 0. The van der Waals surface area contributed by atoms with Crippen molar-refractivity contribution in [1.29, 1.82) is 0 Å². The molecule has 0 unspecified atom stereocenters. The van der Waals surface area contributed by atoms with Crippen LogP contribution in [0.1, 0.15) is 49.7 Å². The van der Waals surface area contributed by atoms with Crippen LogP contribution in [0.4, 0.5) is 0 Å². The molecule has 1 N–H and O–H groups in total. The number of rotatable bonds is 5. The molecule has 3 aromatic carbocycles. The van der Waals surface area contributed by atoms with Gasteiger partial charge in [-0.2, -0.15) is 0 Å². The van der Waals surface area contributed by atoms with Crippen LogP contribution in [0, 0.1) is 0 Å². The number of carbonyl (C=O) groups excluding carboxylic acids is 2. The van der Waals surface area contributed by atoms with Gasteiger partial charge in [0.25, 0.3) is 0 Å². The van der Waals surface area contributed by atoms with E-state index in [0.717, 1.165) is 0 Å². The second-order valence-corrected chi connectivity index (χ2v) is 8.03. The summed E-state index contributed by atoms with van der Waals surface area (Å²) < 4.78 is 22.3. The minimum atomic E-state index is -1.04. The highest BCUT2D eigenvalue weighted by atomic mass is 16.5. The second kappa shape index (κ2) is 8.64. The van der Waals surface area contributed by atoms with Crippen molar-refractivity contribution in [3.05, 3.63) is 88.2 Å². The maximum absolute atomic E-state index is 13.2. The number of para-hydroxylation sites is 1. The number of Topliss-reactive ketones (excluding diaryl/α,β-unsaturated/α-hetero) is 1.